The number of fused-ring (bicyclic) bond motifs is 1. The molecular weight excluding hydrogens is 344 g/mol. The number of anilines is 2. The van der Waals surface area contributed by atoms with Gasteiger partial charge in [-0.2, -0.15) is 0 Å². The Balaban J connectivity index is 1.82. The van der Waals surface area contributed by atoms with E-state index >= 15 is 0 Å². The SMILES string of the molecule is Cc1cc2c(cc1C)N(CCN1CCC(N)CC1)C(NC(=O)NO)[C@H](C)N2. The van der Waals surface area contributed by atoms with Gasteiger partial charge in [0, 0.05) is 19.1 Å². The van der Waals surface area contributed by atoms with Crippen molar-refractivity contribution in [1.82, 2.24) is 15.7 Å². The van der Waals surface area contributed by atoms with Crippen LogP contribution in [-0.2, 0) is 0 Å². The predicted molar refractivity (Wildman–Crippen MR) is 107 cm³/mol. The zero-order chi connectivity index (χ0) is 19.6. The Morgan fingerprint density at radius 3 is 2.59 bits per heavy atom. The van der Waals surface area contributed by atoms with Crippen LogP contribution in [0.2, 0.25) is 0 Å². The van der Waals surface area contributed by atoms with Gasteiger partial charge in [0.15, 0.2) is 0 Å². The Bertz CT molecular complexity index is 674. The highest BCUT2D eigenvalue weighted by Crippen LogP contribution is 2.35. The highest BCUT2D eigenvalue weighted by Gasteiger charge is 2.33. The van der Waals surface area contributed by atoms with E-state index in [4.69, 9.17) is 10.9 Å². The summed E-state index contributed by atoms with van der Waals surface area (Å²) in [5.74, 6) is 0. The smallest absolute Gasteiger partial charge is 0.340 e. The van der Waals surface area contributed by atoms with E-state index < -0.39 is 6.03 Å². The maximum absolute atomic E-state index is 11.8. The van der Waals surface area contributed by atoms with Crippen LogP contribution < -0.4 is 26.7 Å². The van der Waals surface area contributed by atoms with Gasteiger partial charge < -0.3 is 26.2 Å². The first-order valence-electron chi connectivity index (χ1n) is 9.72. The third-order valence-electron chi connectivity index (χ3n) is 5.78. The van der Waals surface area contributed by atoms with Crippen LogP contribution in [0.3, 0.4) is 0 Å². The number of benzene rings is 1. The van der Waals surface area contributed by atoms with Crippen molar-refractivity contribution in [2.45, 2.75) is 51.9 Å². The first kappa shape index (κ1) is 19.7. The fourth-order valence-corrected chi connectivity index (χ4v) is 3.95. The molecule has 8 heteroatoms. The third-order valence-corrected chi connectivity index (χ3v) is 5.78. The van der Waals surface area contributed by atoms with Crippen LogP contribution in [0.25, 0.3) is 0 Å². The second-order valence-electron chi connectivity index (χ2n) is 7.79. The lowest BCUT2D eigenvalue weighted by Gasteiger charge is -2.44. The Kier molecular flexibility index (Phi) is 6.08. The Morgan fingerprint density at radius 1 is 1.26 bits per heavy atom. The molecule has 1 fully saturated rings. The molecule has 0 saturated carbocycles. The summed E-state index contributed by atoms with van der Waals surface area (Å²) in [7, 11) is 0. The number of urea groups is 1. The van der Waals surface area contributed by atoms with Crippen LogP contribution in [0.15, 0.2) is 12.1 Å². The van der Waals surface area contributed by atoms with E-state index in [0.717, 1.165) is 50.4 Å². The first-order valence-corrected chi connectivity index (χ1v) is 9.72. The van der Waals surface area contributed by atoms with Crippen molar-refractivity contribution in [3.05, 3.63) is 23.3 Å². The minimum atomic E-state index is -0.602. The molecule has 0 radical (unpaired) electrons. The molecule has 0 spiro atoms. The number of amides is 2. The molecule has 2 amide bonds. The molecule has 0 bridgehead atoms. The van der Waals surface area contributed by atoms with E-state index in [0.29, 0.717) is 6.04 Å². The topological polar surface area (TPSA) is 106 Å². The maximum atomic E-state index is 11.8. The number of likely N-dealkylation sites (tertiary alicyclic amines) is 1. The minimum absolute atomic E-state index is 0.00770. The molecule has 2 aliphatic rings. The highest BCUT2D eigenvalue weighted by atomic mass is 16.5. The van der Waals surface area contributed by atoms with Gasteiger partial charge in [0.05, 0.1) is 17.4 Å². The van der Waals surface area contributed by atoms with Gasteiger partial charge in [-0.25, -0.2) is 10.3 Å². The molecule has 2 heterocycles. The van der Waals surface area contributed by atoms with Crippen LogP contribution in [0.4, 0.5) is 16.2 Å². The first-order chi connectivity index (χ1) is 12.9. The van der Waals surface area contributed by atoms with Crippen molar-refractivity contribution in [3.8, 4) is 0 Å². The molecule has 2 atom stereocenters. The molecule has 3 rings (SSSR count). The summed E-state index contributed by atoms with van der Waals surface area (Å²) in [5, 5.41) is 15.3. The molecule has 27 heavy (non-hydrogen) atoms. The van der Waals surface area contributed by atoms with Crippen molar-refractivity contribution in [3.63, 3.8) is 0 Å². The van der Waals surface area contributed by atoms with Crippen LogP contribution in [0, 0.1) is 13.8 Å². The lowest BCUT2D eigenvalue weighted by molar-refractivity contribution is 0.157. The standard InChI is InChI=1S/C19H32N6O2/c1-12-10-16-17(11-13(12)2)25(9-8-24-6-4-15(20)5-7-24)18(14(3)21-16)22-19(26)23-27/h10-11,14-15,18,21,27H,4-9,20H2,1-3H3,(H2,22,23,26)/t14-,18?/m0/s1. The van der Waals surface area contributed by atoms with E-state index in [2.05, 4.69) is 46.4 Å². The second kappa shape index (κ2) is 8.33. The second-order valence-corrected chi connectivity index (χ2v) is 7.79. The van der Waals surface area contributed by atoms with Gasteiger partial charge in [-0.3, -0.25) is 5.21 Å². The summed E-state index contributed by atoms with van der Waals surface area (Å²) in [6.45, 7) is 9.95. The summed E-state index contributed by atoms with van der Waals surface area (Å²) >= 11 is 0. The number of hydroxylamine groups is 1. The van der Waals surface area contributed by atoms with Crippen LogP contribution in [0.1, 0.15) is 30.9 Å². The molecule has 1 unspecified atom stereocenters. The molecule has 2 aliphatic heterocycles. The molecule has 6 N–H and O–H groups in total. The third kappa shape index (κ3) is 4.45. The van der Waals surface area contributed by atoms with Gasteiger partial charge in [-0.1, -0.05) is 0 Å². The van der Waals surface area contributed by atoms with Crippen LogP contribution >= 0.6 is 0 Å². The normalized spacial score (nSPS) is 23.5. The molecule has 1 aromatic carbocycles. The van der Waals surface area contributed by atoms with Crippen molar-refractivity contribution >= 4 is 17.4 Å². The summed E-state index contributed by atoms with van der Waals surface area (Å²) in [6.07, 6.45) is 1.79. The zero-order valence-corrected chi connectivity index (χ0v) is 16.5. The molecule has 150 valence electrons. The van der Waals surface area contributed by atoms with Gasteiger partial charge in [-0.05, 0) is 70.0 Å². The quantitative estimate of drug-likeness (QED) is 0.401. The number of nitrogens with two attached hydrogens (primary N) is 1. The van der Waals surface area contributed by atoms with E-state index in [1.165, 1.54) is 11.1 Å². The number of nitrogens with one attached hydrogen (secondary N) is 3. The number of nitrogens with zero attached hydrogens (tertiary/aromatic N) is 2. The zero-order valence-electron chi connectivity index (χ0n) is 16.5. The monoisotopic (exact) mass is 376 g/mol. The summed E-state index contributed by atoms with van der Waals surface area (Å²) in [6, 6.07) is 4.04. The minimum Gasteiger partial charge on any atom is -0.377 e. The summed E-state index contributed by atoms with van der Waals surface area (Å²) in [4.78, 5) is 16.5. The molecule has 1 aromatic rings. The summed E-state index contributed by atoms with van der Waals surface area (Å²) in [5.41, 5.74) is 12.3. The van der Waals surface area contributed by atoms with Crippen LogP contribution in [-0.4, -0.2) is 60.6 Å². The van der Waals surface area contributed by atoms with E-state index in [1.54, 1.807) is 5.48 Å². The molecule has 0 aromatic heterocycles. The lowest BCUT2D eigenvalue weighted by Crippen LogP contribution is -2.61. The number of carbonyl (C=O) groups excluding carboxylic acids is 1. The number of hydrogen-bond acceptors (Lipinski definition) is 6. The number of rotatable bonds is 4. The fourth-order valence-electron chi connectivity index (χ4n) is 3.95. The molecule has 0 aliphatic carbocycles. The average molecular weight is 377 g/mol. The van der Waals surface area contributed by atoms with E-state index in [-0.39, 0.29) is 12.2 Å². The number of hydrogen-bond donors (Lipinski definition) is 5. The fraction of sp³-hybridized carbons (Fsp3) is 0.632. The average Bonchev–Trinajstić information content (AvgIpc) is 2.64. The maximum Gasteiger partial charge on any atom is 0.340 e. The number of aryl methyl sites for hydroxylation is 2. The van der Waals surface area contributed by atoms with Crippen molar-refractivity contribution in [1.29, 1.82) is 0 Å². The predicted octanol–water partition coefficient (Wildman–Crippen LogP) is 1.36. The van der Waals surface area contributed by atoms with E-state index in [1.807, 2.05) is 6.92 Å². The van der Waals surface area contributed by atoms with E-state index in [9.17, 15) is 4.79 Å². The van der Waals surface area contributed by atoms with Crippen molar-refractivity contribution in [2.24, 2.45) is 5.73 Å². The van der Waals surface area contributed by atoms with Crippen molar-refractivity contribution in [2.75, 3.05) is 36.4 Å². The van der Waals surface area contributed by atoms with Gasteiger partial charge >= 0.3 is 6.03 Å². The number of piperidine rings is 1. The van der Waals surface area contributed by atoms with Gasteiger partial charge in [0.2, 0.25) is 0 Å². The van der Waals surface area contributed by atoms with Gasteiger partial charge in [0.1, 0.15) is 6.17 Å². The van der Waals surface area contributed by atoms with Gasteiger partial charge in [0.25, 0.3) is 0 Å². The Labute approximate surface area is 161 Å². The number of carbonyl (C=O) groups is 1. The highest BCUT2D eigenvalue weighted by molar-refractivity contribution is 5.78. The summed E-state index contributed by atoms with van der Waals surface area (Å²) < 4.78 is 0. The molecular formula is C19H32N6O2. The lowest BCUT2D eigenvalue weighted by atomic mass is 10.0. The molecule has 8 nitrogen and oxygen atoms in total. The molecule has 1 saturated heterocycles. The van der Waals surface area contributed by atoms with Gasteiger partial charge in [-0.15, -0.1) is 0 Å². The Hall–Kier alpha value is -2.03. The van der Waals surface area contributed by atoms with Crippen LogP contribution in [0.5, 0.6) is 0 Å². The van der Waals surface area contributed by atoms with Crippen molar-refractivity contribution < 1.29 is 10.0 Å². The Morgan fingerprint density at radius 2 is 1.93 bits per heavy atom. The largest absolute Gasteiger partial charge is 0.377 e.